The first-order valence-electron chi connectivity index (χ1n) is 11.1. The van der Waals surface area contributed by atoms with E-state index in [9.17, 15) is 24.9 Å². The quantitative estimate of drug-likeness (QED) is 0.431. The third kappa shape index (κ3) is 2.10. The van der Waals surface area contributed by atoms with Crippen molar-refractivity contribution < 1.29 is 39.1 Å². The molecule has 6 rings (SSSR count). The summed E-state index contributed by atoms with van der Waals surface area (Å²) in [5, 5.41) is 35.1. The maximum Gasteiger partial charge on any atom is 0.302 e. The van der Waals surface area contributed by atoms with Gasteiger partial charge in [0.1, 0.15) is 17.6 Å². The van der Waals surface area contributed by atoms with Crippen molar-refractivity contribution in [1.82, 2.24) is 0 Å². The molecule has 10 atom stereocenters. The van der Waals surface area contributed by atoms with Crippen LogP contribution in [0.2, 0.25) is 0 Å². The van der Waals surface area contributed by atoms with Gasteiger partial charge >= 0.3 is 5.97 Å². The van der Waals surface area contributed by atoms with Gasteiger partial charge in [-0.2, -0.15) is 0 Å². The van der Waals surface area contributed by atoms with Crippen molar-refractivity contribution in [2.24, 2.45) is 34.0 Å². The maximum atomic E-state index is 13.8. The molecule has 2 saturated heterocycles. The maximum absolute atomic E-state index is 13.8. The predicted octanol–water partition coefficient (Wildman–Crippen LogP) is 0.919. The van der Waals surface area contributed by atoms with Crippen molar-refractivity contribution in [3.05, 3.63) is 12.2 Å². The van der Waals surface area contributed by atoms with Crippen molar-refractivity contribution in [3.8, 4) is 0 Å². The van der Waals surface area contributed by atoms with Gasteiger partial charge in [0.05, 0.1) is 6.10 Å². The molecule has 1 unspecified atom stereocenters. The number of hydrogen-bond donors (Lipinski definition) is 3. The van der Waals surface area contributed by atoms with Crippen LogP contribution in [0.15, 0.2) is 12.2 Å². The van der Waals surface area contributed by atoms with E-state index in [1.54, 1.807) is 0 Å². The molecule has 4 aliphatic carbocycles. The second kappa shape index (κ2) is 6.17. The Morgan fingerprint density at radius 1 is 1.19 bits per heavy atom. The average Bonchev–Trinajstić information content (AvgIpc) is 2.79. The zero-order valence-electron chi connectivity index (χ0n) is 18.5. The lowest BCUT2D eigenvalue weighted by Gasteiger charge is -2.75. The number of ketones is 1. The summed E-state index contributed by atoms with van der Waals surface area (Å²) in [7, 11) is 1.47. The van der Waals surface area contributed by atoms with Crippen LogP contribution in [-0.2, 0) is 23.8 Å². The highest BCUT2D eigenvalue weighted by Gasteiger charge is 2.89. The minimum Gasteiger partial charge on any atom is -0.462 e. The van der Waals surface area contributed by atoms with Crippen LogP contribution < -0.4 is 0 Å². The number of esters is 1. The van der Waals surface area contributed by atoms with E-state index in [1.807, 2.05) is 13.8 Å². The molecule has 31 heavy (non-hydrogen) atoms. The Bertz CT molecular complexity index is 868. The largest absolute Gasteiger partial charge is 0.462 e. The van der Waals surface area contributed by atoms with E-state index < -0.39 is 76.1 Å². The van der Waals surface area contributed by atoms with E-state index in [0.29, 0.717) is 6.42 Å². The number of hydrogen-bond acceptors (Lipinski definition) is 8. The van der Waals surface area contributed by atoms with Crippen molar-refractivity contribution in [2.45, 2.75) is 76.8 Å². The topological polar surface area (TPSA) is 123 Å². The first kappa shape index (κ1) is 21.5. The Balaban J connectivity index is 1.84. The first-order valence-corrected chi connectivity index (χ1v) is 11.1. The van der Waals surface area contributed by atoms with Gasteiger partial charge in [0.15, 0.2) is 12.1 Å². The molecule has 6 aliphatic rings. The fraction of sp³-hybridized carbons (Fsp3) is 0.826. The molecule has 3 N–H and O–H groups in total. The van der Waals surface area contributed by atoms with E-state index in [-0.39, 0.29) is 12.0 Å². The molecule has 8 nitrogen and oxygen atoms in total. The number of rotatable bonds is 2. The zero-order valence-corrected chi connectivity index (χ0v) is 18.5. The van der Waals surface area contributed by atoms with Gasteiger partial charge in [0.2, 0.25) is 5.79 Å². The summed E-state index contributed by atoms with van der Waals surface area (Å²) in [5.74, 6) is -5.36. The third-order valence-corrected chi connectivity index (χ3v) is 9.31. The lowest BCUT2D eigenvalue weighted by Crippen LogP contribution is -2.87. The molecule has 0 aromatic carbocycles. The Kier molecular flexibility index (Phi) is 4.28. The van der Waals surface area contributed by atoms with Crippen LogP contribution in [0.4, 0.5) is 0 Å². The Morgan fingerprint density at radius 3 is 2.48 bits per heavy atom. The first-order chi connectivity index (χ1) is 14.4. The standard InChI is InChI=1S/C23H32O8/c1-10-12-9-13(30-11(2)24)14-21-8-6-7-20(3,4)15(21)18(27)23(28,31-19(21)29-5)22(14,16(10)25)17(12)26/h12-15,17-19,26-28H,1,6-9H2,2-5H3/t12-,13-,14-,15+,17+,18-,19?,21+,22-,23-/m0/s1. The number of aliphatic hydroxyl groups excluding tert-OH is 2. The van der Waals surface area contributed by atoms with Crippen molar-refractivity contribution >= 4 is 11.8 Å². The Morgan fingerprint density at radius 2 is 1.87 bits per heavy atom. The van der Waals surface area contributed by atoms with Crippen LogP contribution in [0, 0.1) is 34.0 Å². The molecule has 8 heteroatoms. The van der Waals surface area contributed by atoms with Gasteiger partial charge in [0.25, 0.3) is 0 Å². The molecule has 4 bridgehead atoms. The van der Waals surface area contributed by atoms with Crippen LogP contribution in [0.1, 0.15) is 46.5 Å². The normalized spacial score (nSPS) is 54.4. The van der Waals surface area contributed by atoms with Crippen LogP contribution in [-0.4, -0.2) is 64.6 Å². The van der Waals surface area contributed by atoms with Crippen LogP contribution in [0.25, 0.3) is 0 Å². The molecule has 2 aliphatic heterocycles. The molecule has 4 saturated carbocycles. The summed E-state index contributed by atoms with van der Waals surface area (Å²) < 4.78 is 17.6. The fourth-order valence-corrected chi connectivity index (χ4v) is 8.60. The molecule has 0 amide bonds. The minimum atomic E-state index is -2.40. The van der Waals surface area contributed by atoms with Crippen LogP contribution in [0.3, 0.4) is 0 Å². The second-order valence-electron chi connectivity index (χ2n) is 10.9. The minimum absolute atomic E-state index is 0.181. The lowest BCUT2D eigenvalue weighted by molar-refractivity contribution is -0.506. The van der Waals surface area contributed by atoms with Gasteiger partial charge in [-0.3, -0.25) is 9.59 Å². The number of carbonyl (C=O) groups excluding carboxylic acids is 2. The van der Waals surface area contributed by atoms with Crippen molar-refractivity contribution in [3.63, 3.8) is 0 Å². The van der Waals surface area contributed by atoms with Gasteiger partial charge in [0, 0.05) is 37.2 Å². The van der Waals surface area contributed by atoms with Crippen molar-refractivity contribution in [2.75, 3.05) is 7.11 Å². The number of methoxy groups -OCH3 is 1. The zero-order chi connectivity index (χ0) is 22.7. The summed E-state index contributed by atoms with van der Waals surface area (Å²) in [6, 6.07) is 0. The van der Waals surface area contributed by atoms with E-state index in [4.69, 9.17) is 14.2 Å². The highest BCUT2D eigenvalue weighted by Crippen LogP contribution is 2.78. The summed E-state index contributed by atoms with van der Waals surface area (Å²) in [6.45, 7) is 9.28. The summed E-state index contributed by atoms with van der Waals surface area (Å²) in [5.41, 5.74) is -3.03. The lowest BCUT2D eigenvalue weighted by atomic mass is 9.35. The molecular formula is C23H32O8. The van der Waals surface area contributed by atoms with E-state index in [1.165, 1.54) is 14.0 Å². The predicted molar refractivity (Wildman–Crippen MR) is 106 cm³/mol. The average molecular weight is 437 g/mol. The van der Waals surface area contributed by atoms with Gasteiger partial charge in [-0.15, -0.1) is 0 Å². The number of carbonyl (C=O) groups is 2. The summed E-state index contributed by atoms with van der Waals surface area (Å²) in [4.78, 5) is 25.8. The van der Waals surface area contributed by atoms with Crippen molar-refractivity contribution in [1.29, 1.82) is 0 Å². The molecule has 0 aromatic rings. The van der Waals surface area contributed by atoms with E-state index in [2.05, 4.69) is 6.58 Å². The van der Waals surface area contributed by atoms with Crippen LogP contribution >= 0.6 is 0 Å². The number of fused-ring (bicyclic) bond motifs is 2. The van der Waals surface area contributed by atoms with Gasteiger partial charge in [-0.25, -0.2) is 0 Å². The van der Waals surface area contributed by atoms with Gasteiger partial charge in [-0.05, 0) is 30.3 Å². The Labute approximate surface area is 181 Å². The second-order valence-corrected chi connectivity index (χ2v) is 10.9. The van der Waals surface area contributed by atoms with Gasteiger partial charge < -0.3 is 29.5 Å². The molecule has 2 heterocycles. The molecule has 6 fully saturated rings. The van der Waals surface area contributed by atoms with Gasteiger partial charge in [-0.1, -0.05) is 26.8 Å². The number of aliphatic hydroxyl groups is 3. The summed E-state index contributed by atoms with van der Waals surface area (Å²) >= 11 is 0. The molecule has 0 radical (unpaired) electrons. The molecular weight excluding hydrogens is 404 g/mol. The SMILES string of the molecule is C=C1C(=O)[C@]23[C@H](O)[C@H]1C[C@H](OC(C)=O)[C@H]2[C@]12CCCC(C)(C)[C@H]1[C@H](O)[C@]3(O)OC2OC. The molecule has 172 valence electrons. The number of ether oxygens (including phenoxy) is 3. The number of Topliss-reactive ketones (excluding diaryl/α,β-unsaturated/α-hetero) is 1. The smallest absolute Gasteiger partial charge is 0.302 e. The van der Waals surface area contributed by atoms with E-state index >= 15 is 0 Å². The molecule has 2 spiro atoms. The fourth-order valence-electron chi connectivity index (χ4n) is 8.60. The highest BCUT2D eigenvalue weighted by atomic mass is 16.8. The molecule has 0 aromatic heterocycles. The highest BCUT2D eigenvalue weighted by molar-refractivity contribution is 6.05. The third-order valence-electron chi connectivity index (χ3n) is 9.31. The monoisotopic (exact) mass is 436 g/mol. The summed E-state index contributed by atoms with van der Waals surface area (Å²) in [6.07, 6.45) is -2.02. The Hall–Kier alpha value is -1.32. The van der Waals surface area contributed by atoms with Crippen LogP contribution in [0.5, 0.6) is 0 Å². The van der Waals surface area contributed by atoms with E-state index in [0.717, 1.165) is 12.8 Å².